The van der Waals surface area contributed by atoms with Crippen molar-refractivity contribution in [3.8, 4) is 0 Å². The Labute approximate surface area is 96.7 Å². The van der Waals surface area contributed by atoms with Crippen LogP contribution in [-0.4, -0.2) is 18.3 Å². The molecule has 86 valence electrons. The second-order valence-electron chi connectivity index (χ2n) is 5.21. The molecule has 0 spiro atoms. The summed E-state index contributed by atoms with van der Waals surface area (Å²) >= 11 is 0. The van der Waals surface area contributed by atoms with Crippen LogP contribution in [0.2, 0.25) is 0 Å². The lowest BCUT2D eigenvalue weighted by atomic mass is 9.64. The minimum Gasteiger partial charge on any atom is -0.396 e. The predicted octanol–water partition coefficient (Wildman–Crippen LogP) is 2.04. The summed E-state index contributed by atoms with van der Waals surface area (Å²) in [5.74, 6) is 0. The molecule has 3 rings (SSSR count). The average molecular weight is 217 g/mol. The molecule has 2 aliphatic rings. The van der Waals surface area contributed by atoms with E-state index in [2.05, 4.69) is 29.6 Å². The zero-order valence-electron chi connectivity index (χ0n) is 9.58. The number of aliphatic hydroxyl groups excluding tert-OH is 1. The third-order valence-electron chi connectivity index (χ3n) is 4.39. The van der Waals surface area contributed by atoms with E-state index in [1.54, 1.807) is 0 Å². The van der Waals surface area contributed by atoms with E-state index in [0.717, 1.165) is 25.8 Å². The first-order chi connectivity index (χ1) is 7.86. The van der Waals surface area contributed by atoms with Crippen LogP contribution in [0.5, 0.6) is 0 Å². The maximum absolute atomic E-state index is 9.76. The molecule has 1 fully saturated rings. The van der Waals surface area contributed by atoms with E-state index < -0.39 is 0 Å². The Balaban J connectivity index is 2.04. The van der Waals surface area contributed by atoms with Crippen molar-refractivity contribution in [2.75, 3.05) is 13.2 Å². The molecule has 0 radical (unpaired) electrons. The lowest BCUT2D eigenvalue weighted by molar-refractivity contribution is 0.0347. The van der Waals surface area contributed by atoms with Crippen LogP contribution in [0.15, 0.2) is 24.3 Å². The molecule has 1 aliphatic carbocycles. The Morgan fingerprint density at radius 2 is 2.19 bits per heavy atom. The Bertz CT molecular complexity index is 390. The highest BCUT2D eigenvalue weighted by molar-refractivity contribution is 5.35. The van der Waals surface area contributed by atoms with Gasteiger partial charge in [-0.1, -0.05) is 24.3 Å². The number of hydrogen-bond donors (Lipinski definition) is 2. The number of aliphatic hydroxyl groups is 1. The topological polar surface area (TPSA) is 32.3 Å². The zero-order chi connectivity index (χ0) is 11.0. The fraction of sp³-hybridized carbons (Fsp3) is 0.571. The minimum atomic E-state index is 0.104. The summed E-state index contributed by atoms with van der Waals surface area (Å²) in [5.41, 5.74) is 2.99. The van der Waals surface area contributed by atoms with Crippen molar-refractivity contribution in [1.82, 2.24) is 5.32 Å². The van der Waals surface area contributed by atoms with Gasteiger partial charge in [0, 0.05) is 11.5 Å². The summed E-state index contributed by atoms with van der Waals surface area (Å²) in [6, 6.07) is 9.06. The molecule has 2 atom stereocenters. The summed E-state index contributed by atoms with van der Waals surface area (Å²) in [6.07, 6.45) is 4.60. The highest BCUT2D eigenvalue weighted by Crippen LogP contribution is 2.48. The molecule has 0 saturated carbocycles. The van der Waals surface area contributed by atoms with Crippen molar-refractivity contribution in [3.05, 3.63) is 35.4 Å². The maximum Gasteiger partial charge on any atom is 0.0505 e. The van der Waals surface area contributed by atoms with E-state index in [0.29, 0.717) is 12.6 Å². The first-order valence-corrected chi connectivity index (χ1v) is 6.28. The minimum absolute atomic E-state index is 0.104. The summed E-state index contributed by atoms with van der Waals surface area (Å²) in [6.45, 7) is 1.40. The van der Waals surface area contributed by atoms with E-state index in [9.17, 15) is 5.11 Å². The van der Waals surface area contributed by atoms with Gasteiger partial charge in [-0.05, 0) is 43.4 Å². The first kappa shape index (κ1) is 10.3. The fourth-order valence-corrected chi connectivity index (χ4v) is 3.43. The molecule has 1 heterocycles. The summed E-state index contributed by atoms with van der Waals surface area (Å²) < 4.78 is 0. The van der Waals surface area contributed by atoms with Gasteiger partial charge in [0.05, 0.1) is 6.61 Å². The molecule has 1 aliphatic heterocycles. The zero-order valence-corrected chi connectivity index (χ0v) is 9.58. The molecule has 1 aromatic carbocycles. The Hall–Kier alpha value is -0.860. The van der Waals surface area contributed by atoms with Gasteiger partial charge in [0.1, 0.15) is 0 Å². The Kier molecular flexibility index (Phi) is 2.49. The molecular weight excluding hydrogens is 198 g/mol. The van der Waals surface area contributed by atoms with Gasteiger partial charge in [-0.15, -0.1) is 0 Å². The number of aryl methyl sites for hydroxylation is 1. The van der Waals surface area contributed by atoms with Gasteiger partial charge in [-0.25, -0.2) is 0 Å². The van der Waals surface area contributed by atoms with Crippen LogP contribution >= 0.6 is 0 Å². The van der Waals surface area contributed by atoms with Gasteiger partial charge in [-0.3, -0.25) is 0 Å². The van der Waals surface area contributed by atoms with Crippen molar-refractivity contribution >= 4 is 0 Å². The van der Waals surface area contributed by atoms with Gasteiger partial charge in [0.25, 0.3) is 0 Å². The number of fused-ring (bicyclic) bond motifs is 3. The van der Waals surface area contributed by atoms with Crippen LogP contribution in [0, 0.1) is 5.41 Å². The van der Waals surface area contributed by atoms with Crippen LogP contribution in [0.4, 0.5) is 0 Å². The Morgan fingerprint density at radius 1 is 1.31 bits per heavy atom. The van der Waals surface area contributed by atoms with Crippen molar-refractivity contribution < 1.29 is 5.11 Å². The summed E-state index contributed by atoms with van der Waals surface area (Å²) in [7, 11) is 0. The van der Waals surface area contributed by atoms with E-state index in [1.165, 1.54) is 17.5 Å². The number of piperidine rings is 1. The van der Waals surface area contributed by atoms with Crippen molar-refractivity contribution in [3.63, 3.8) is 0 Å². The highest BCUT2D eigenvalue weighted by Gasteiger charge is 2.43. The first-order valence-electron chi connectivity index (χ1n) is 6.28. The van der Waals surface area contributed by atoms with E-state index in [-0.39, 0.29) is 5.41 Å². The second-order valence-corrected chi connectivity index (χ2v) is 5.21. The third kappa shape index (κ3) is 1.40. The lowest BCUT2D eigenvalue weighted by Gasteiger charge is -2.47. The van der Waals surface area contributed by atoms with Gasteiger partial charge < -0.3 is 10.4 Å². The quantitative estimate of drug-likeness (QED) is 0.754. The molecule has 1 saturated heterocycles. The molecule has 0 unspecified atom stereocenters. The number of rotatable bonds is 1. The number of nitrogens with one attached hydrogen (secondary N) is 1. The van der Waals surface area contributed by atoms with Crippen LogP contribution in [0.3, 0.4) is 0 Å². The molecule has 2 nitrogen and oxygen atoms in total. The largest absolute Gasteiger partial charge is 0.396 e. The Morgan fingerprint density at radius 3 is 3.06 bits per heavy atom. The van der Waals surface area contributed by atoms with Gasteiger partial charge in [0.2, 0.25) is 0 Å². The van der Waals surface area contributed by atoms with E-state index >= 15 is 0 Å². The summed E-state index contributed by atoms with van der Waals surface area (Å²) in [4.78, 5) is 0. The molecule has 0 bridgehead atoms. The maximum atomic E-state index is 9.76. The van der Waals surface area contributed by atoms with Crippen molar-refractivity contribution in [2.45, 2.75) is 31.7 Å². The van der Waals surface area contributed by atoms with Crippen LogP contribution < -0.4 is 5.32 Å². The predicted molar refractivity (Wildman–Crippen MR) is 64.3 cm³/mol. The number of hydrogen-bond acceptors (Lipinski definition) is 2. The van der Waals surface area contributed by atoms with Gasteiger partial charge in [-0.2, -0.15) is 0 Å². The van der Waals surface area contributed by atoms with Crippen molar-refractivity contribution in [1.29, 1.82) is 0 Å². The van der Waals surface area contributed by atoms with Crippen LogP contribution in [0.1, 0.15) is 36.4 Å². The summed E-state index contributed by atoms with van der Waals surface area (Å²) in [5, 5.41) is 13.4. The molecule has 0 amide bonds. The molecule has 0 aromatic heterocycles. The second kappa shape index (κ2) is 3.86. The number of benzene rings is 1. The monoisotopic (exact) mass is 217 g/mol. The lowest BCUT2D eigenvalue weighted by Crippen LogP contribution is -2.48. The van der Waals surface area contributed by atoms with Crippen LogP contribution in [-0.2, 0) is 6.42 Å². The normalized spacial score (nSPS) is 32.9. The third-order valence-corrected chi connectivity index (χ3v) is 4.39. The van der Waals surface area contributed by atoms with E-state index in [1.807, 2.05) is 0 Å². The van der Waals surface area contributed by atoms with Crippen molar-refractivity contribution in [2.24, 2.45) is 5.41 Å². The van der Waals surface area contributed by atoms with Gasteiger partial charge >= 0.3 is 0 Å². The van der Waals surface area contributed by atoms with E-state index in [4.69, 9.17) is 0 Å². The molecule has 2 heteroatoms. The molecule has 16 heavy (non-hydrogen) atoms. The standard InChI is InChI=1S/C14H19NO/c16-10-14-7-3-9-15-13(14)12-5-2-1-4-11(12)6-8-14/h1-2,4-5,13,15-16H,3,6-10H2/t13-,14+/m0/s1. The SMILES string of the molecule is OC[C@]12CCCN[C@H]1c1ccccc1CC2. The smallest absolute Gasteiger partial charge is 0.0505 e. The fourth-order valence-electron chi connectivity index (χ4n) is 3.43. The highest BCUT2D eigenvalue weighted by atomic mass is 16.3. The molecule has 1 aromatic rings. The average Bonchev–Trinajstić information content (AvgIpc) is 2.38. The molecular formula is C14H19NO. The molecule has 2 N–H and O–H groups in total. The van der Waals surface area contributed by atoms with Crippen LogP contribution in [0.25, 0.3) is 0 Å². The van der Waals surface area contributed by atoms with Gasteiger partial charge in [0.15, 0.2) is 0 Å².